The molecule has 0 radical (unpaired) electrons. The van der Waals surface area contributed by atoms with Gasteiger partial charge in [0, 0.05) is 13.1 Å². The highest BCUT2D eigenvalue weighted by Gasteiger charge is 2.11. The SMILES string of the molecule is O.O=C(O)Cn1nnnc1NCCCOc1cccc(CN2CCCCC2)c1. The molecule has 2 heterocycles. The van der Waals surface area contributed by atoms with Gasteiger partial charge in [-0.1, -0.05) is 23.7 Å². The number of aromatic nitrogens is 4. The Bertz CT molecular complexity index is 732. The molecule has 1 aliphatic rings. The van der Waals surface area contributed by atoms with Gasteiger partial charge in [-0.2, -0.15) is 0 Å². The van der Waals surface area contributed by atoms with Crippen molar-refractivity contribution in [3.63, 3.8) is 0 Å². The molecule has 0 bridgehead atoms. The van der Waals surface area contributed by atoms with Crippen LogP contribution in [-0.4, -0.2) is 67.9 Å². The number of piperidine rings is 1. The monoisotopic (exact) mass is 392 g/mol. The lowest BCUT2D eigenvalue weighted by Gasteiger charge is -2.26. The lowest BCUT2D eigenvalue weighted by molar-refractivity contribution is -0.137. The van der Waals surface area contributed by atoms with Gasteiger partial charge in [-0.3, -0.25) is 9.69 Å². The number of ether oxygens (including phenoxy) is 1. The van der Waals surface area contributed by atoms with Crippen LogP contribution in [0.15, 0.2) is 24.3 Å². The molecule has 10 nitrogen and oxygen atoms in total. The van der Waals surface area contributed by atoms with Crippen LogP contribution in [0.4, 0.5) is 5.95 Å². The van der Waals surface area contributed by atoms with Gasteiger partial charge in [0.1, 0.15) is 12.3 Å². The average Bonchev–Trinajstić information content (AvgIpc) is 3.09. The minimum absolute atomic E-state index is 0. The first kappa shape index (κ1) is 21.6. The van der Waals surface area contributed by atoms with E-state index in [0.717, 1.165) is 18.7 Å². The number of benzene rings is 1. The Hall–Kier alpha value is -2.72. The average molecular weight is 392 g/mol. The predicted octanol–water partition coefficient (Wildman–Crippen LogP) is 0.800. The Labute approximate surface area is 163 Å². The fraction of sp³-hybridized carbons (Fsp3) is 0.556. The Morgan fingerprint density at radius 1 is 1.25 bits per heavy atom. The van der Waals surface area contributed by atoms with Gasteiger partial charge in [-0.15, -0.1) is 0 Å². The normalized spacial score (nSPS) is 14.3. The number of carbonyl (C=O) groups is 1. The first-order valence-corrected chi connectivity index (χ1v) is 9.36. The number of likely N-dealkylation sites (tertiary alicyclic amines) is 1. The van der Waals surface area contributed by atoms with Gasteiger partial charge in [0.25, 0.3) is 0 Å². The van der Waals surface area contributed by atoms with Crippen LogP contribution >= 0.6 is 0 Å². The summed E-state index contributed by atoms with van der Waals surface area (Å²) in [7, 11) is 0. The number of anilines is 1. The molecule has 0 spiro atoms. The number of aliphatic carboxylic acids is 1. The standard InChI is InChI=1S/C18H26N6O3.H2O/c25-17(26)14-24-18(20-21-22-24)19-8-5-11-27-16-7-4-6-15(12-16)13-23-9-2-1-3-10-23;/h4,6-7,12H,1-3,5,8-11,13-14H2,(H,25,26)(H,19,20,22);1H2. The zero-order valence-electron chi connectivity index (χ0n) is 15.9. The zero-order chi connectivity index (χ0) is 18.9. The van der Waals surface area contributed by atoms with E-state index in [2.05, 4.69) is 37.9 Å². The number of hydrogen-bond acceptors (Lipinski definition) is 7. The molecule has 1 aromatic heterocycles. The van der Waals surface area contributed by atoms with Crippen molar-refractivity contribution in [1.29, 1.82) is 0 Å². The lowest BCUT2D eigenvalue weighted by Crippen LogP contribution is -2.29. The van der Waals surface area contributed by atoms with Crippen LogP contribution in [-0.2, 0) is 17.9 Å². The van der Waals surface area contributed by atoms with E-state index in [1.807, 2.05) is 12.1 Å². The van der Waals surface area contributed by atoms with Crippen LogP contribution in [0.3, 0.4) is 0 Å². The molecule has 1 fully saturated rings. The predicted molar refractivity (Wildman–Crippen MR) is 103 cm³/mol. The maximum absolute atomic E-state index is 10.7. The fourth-order valence-corrected chi connectivity index (χ4v) is 3.14. The van der Waals surface area contributed by atoms with E-state index in [9.17, 15) is 4.79 Å². The molecule has 0 amide bonds. The molecule has 1 saturated heterocycles. The molecule has 4 N–H and O–H groups in total. The van der Waals surface area contributed by atoms with Gasteiger partial charge in [0.15, 0.2) is 0 Å². The summed E-state index contributed by atoms with van der Waals surface area (Å²) in [5.74, 6) is 0.235. The minimum Gasteiger partial charge on any atom is -0.494 e. The topological polar surface area (TPSA) is 137 Å². The van der Waals surface area contributed by atoms with Gasteiger partial charge in [0.2, 0.25) is 5.95 Å². The van der Waals surface area contributed by atoms with Gasteiger partial charge in [-0.25, -0.2) is 4.68 Å². The maximum atomic E-state index is 10.7. The number of carboxylic acid groups (broad SMARTS) is 1. The Kier molecular flexibility index (Phi) is 8.63. The van der Waals surface area contributed by atoms with Crippen molar-refractivity contribution < 1.29 is 20.1 Å². The Balaban J connectivity index is 0.00000280. The van der Waals surface area contributed by atoms with Gasteiger partial charge in [-0.05, 0) is 60.5 Å². The Morgan fingerprint density at radius 3 is 2.86 bits per heavy atom. The number of nitrogens with zero attached hydrogens (tertiary/aromatic N) is 5. The third kappa shape index (κ3) is 6.78. The quantitative estimate of drug-likeness (QED) is 0.567. The molecule has 3 rings (SSSR count). The number of hydrogen-bond donors (Lipinski definition) is 2. The Morgan fingerprint density at radius 2 is 2.07 bits per heavy atom. The fourth-order valence-electron chi connectivity index (χ4n) is 3.14. The van der Waals surface area contributed by atoms with Crippen molar-refractivity contribution in [3.05, 3.63) is 29.8 Å². The van der Waals surface area contributed by atoms with Crippen LogP contribution in [0, 0.1) is 0 Å². The minimum atomic E-state index is -0.988. The number of rotatable bonds is 10. The third-order valence-electron chi connectivity index (χ3n) is 4.44. The molecule has 0 saturated carbocycles. The van der Waals surface area contributed by atoms with Gasteiger partial charge < -0.3 is 20.6 Å². The maximum Gasteiger partial charge on any atom is 0.325 e. The van der Waals surface area contributed by atoms with Crippen molar-refractivity contribution in [2.75, 3.05) is 31.6 Å². The number of tetrazole rings is 1. The van der Waals surface area contributed by atoms with E-state index < -0.39 is 5.97 Å². The second-order valence-electron chi connectivity index (χ2n) is 6.67. The zero-order valence-corrected chi connectivity index (χ0v) is 15.9. The van der Waals surface area contributed by atoms with Crippen LogP contribution in [0.5, 0.6) is 5.75 Å². The highest BCUT2D eigenvalue weighted by molar-refractivity contribution is 5.66. The van der Waals surface area contributed by atoms with E-state index in [0.29, 0.717) is 19.1 Å². The summed E-state index contributed by atoms with van der Waals surface area (Å²) < 4.78 is 7.05. The molecule has 0 atom stereocenters. The van der Waals surface area contributed by atoms with Crippen molar-refractivity contribution in [2.24, 2.45) is 0 Å². The van der Waals surface area contributed by atoms with E-state index in [4.69, 9.17) is 9.84 Å². The molecule has 0 unspecified atom stereocenters. The van der Waals surface area contributed by atoms with Crippen molar-refractivity contribution >= 4 is 11.9 Å². The van der Waals surface area contributed by atoms with Crippen molar-refractivity contribution in [2.45, 2.75) is 38.8 Å². The van der Waals surface area contributed by atoms with E-state index in [1.165, 1.54) is 42.6 Å². The van der Waals surface area contributed by atoms with Crippen LogP contribution in [0.2, 0.25) is 0 Å². The summed E-state index contributed by atoms with van der Waals surface area (Å²) >= 11 is 0. The molecule has 10 heteroatoms. The second kappa shape index (κ2) is 11.2. The second-order valence-corrected chi connectivity index (χ2v) is 6.67. The summed E-state index contributed by atoms with van der Waals surface area (Å²) in [6, 6.07) is 8.26. The molecule has 1 aromatic carbocycles. The van der Waals surface area contributed by atoms with E-state index in [1.54, 1.807) is 0 Å². The lowest BCUT2D eigenvalue weighted by atomic mass is 10.1. The molecule has 0 aliphatic carbocycles. The summed E-state index contributed by atoms with van der Waals surface area (Å²) in [5.41, 5.74) is 1.28. The van der Waals surface area contributed by atoms with E-state index in [-0.39, 0.29) is 12.0 Å². The van der Waals surface area contributed by atoms with Gasteiger partial charge in [0.05, 0.1) is 6.61 Å². The summed E-state index contributed by atoms with van der Waals surface area (Å²) in [6.07, 6.45) is 4.67. The van der Waals surface area contributed by atoms with Crippen LogP contribution in [0.25, 0.3) is 0 Å². The highest BCUT2D eigenvalue weighted by Crippen LogP contribution is 2.17. The van der Waals surface area contributed by atoms with E-state index >= 15 is 0 Å². The molecule has 1 aliphatic heterocycles. The van der Waals surface area contributed by atoms with Gasteiger partial charge >= 0.3 is 5.97 Å². The highest BCUT2D eigenvalue weighted by atomic mass is 16.5. The first-order valence-electron chi connectivity index (χ1n) is 9.36. The molecular formula is C18H28N6O4. The molecule has 2 aromatic rings. The summed E-state index contributed by atoms with van der Waals surface area (Å²) in [6.45, 7) is 4.21. The summed E-state index contributed by atoms with van der Waals surface area (Å²) in [4.78, 5) is 13.2. The number of nitrogens with one attached hydrogen (secondary N) is 1. The van der Waals surface area contributed by atoms with Crippen LogP contribution in [0.1, 0.15) is 31.2 Å². The smallest absolute Gasteiger partial charge is 0.325 e. The molecule has 28 heavy (non-hydrogen) atoms. The van der Waals surface area contributed by atoms with Crippen molar-refractivity contribution in [1.82, 2.24) is 25.1 Å². The van der Waals surface area contributed by atoms with Crippen LogP contribution < -0.4 is 10.1 Å². The van der Waals surface area contributed by atoms with Crippen molar-refractivity contribution in [3.8, 4) is 5.75 Å². The third-order valence-corrected chi connectivity index (χ3v) is 4.44. The molecule has 154 valence electrons. The first-order chi connectivity index (χ1) is 13.2. The number of carboxylic acids is 1. The largest absolute Gasteiger partial charge is 0.494 e. The molecular weight excluding hydrogens is 364 g/mol. The summed E-state index contributed by atoms with van der Waals surface area (Å²) in [5, 5.41) is 22.7.